The number of esters is 1. The number of ether oxygens (including phenoxy) is 1. The van der Waals surface area contributed by atoms with Crippen LogP contribution < -0.4 is 10.4 Å². The number of aliphatic hydroxyl groups is 1. The fourth-order valence-electron chi connectivity index (χ4n) is 1.27. The molecule has 1 heterocycles. The van der Waals surface area contributed by atoms with Crippen molar-refractivity contribution in [3.8, 4) is 5.75 Å². The van der Waals surface area contributed by atoms with Gasteiger partial charge in [-0.05, 0) is 12.1 Å². The topological polar surface area (TPSA) is 76.7 Å². The molecule has 0 unspecified atom stereocenters. The molecule has 0 amide bonds. The molecule has 1 aromatic carbocycles. The third-order valence-corrected chi connectivity index (χ3v) is 1.86. The van der Waals surface area contributed by atoms with Gasteiger partial charge in [-0.1, -0.05) is 18.2 Å². The van der Waals surface area contributed by atoms with Gasteiger partial charge in [-0.25, -0.2) is 4.79 Å². The third kappa shape index (κ3) is 3.15. The predicted octanol–water partition coefficient (Wildman–Crippen LogP) is 1.33. The van der Waals surface area contributed by atoms with E-state index in [-0.39, 0.29) is 5.75 Å². The minimum atomic E-state index is -0.649. The van der Waals surface area contributed by atoms with Gasteiger partial charge in [-0.3, -0.25) is 4.79 Å². The van der Waals surface area contributed by atoms with Crippen LogP contribution in [-0.4, -0.2) is 18.2 Å². The highest BCUT2D eigenvalue weighted by molar-refractivity contribution is 5.78. The summed E-state index contributed by atoms with van der Waals surface area (Å²) in [6.45, 7) is 1.23. The van der Waals surface area contributed by atoms with Gasteiger partial charge in [0.05, 0.1) is 0 Å². The Morgan fingerprint density at radius 2 is 1.94 bits per heavy atom. The Bertz CT molecular complexity index is 570. The lowest BCUT2D eigenvalue weighted by molar-refractivity contribution is -0.132. The number of fused-ring (bicyclic) bond motifs is 1. The van der Waals surface area contributed by atoms with E-state index in [2.05, 4.69) is 0 Å². The van der Waals surface area contributed by atoms with E-state index in [9.17, 15) is 9.59 Å². The highest BCUT2D eigenvalue weighted by Crippen LogP contribution is 2.16. The maximum Gasteiger partial charge on any atom is 0.379 e. The van der Waals surface area contributed by atoms with Crippen molar-refractivity contribution in [2.45, 2.75) is 6.92 Å². The summed E-state index contributed by atoms with van der Waals surface area (Å²) in [4.78, 5) is 22.0. The van der Waals surface area contributed by atoms with Gasteiger partial charge >= 0.3 is 11.6 Å². The van der Waals surface area contributed by atoms with Crippen LogP contribution in [0.2, 0.25) is 0 Å². The molecule has 0 aliphatic heterocycles. The van der Waals surface area contributed by atoms with Crippen molar-refractivity contribution in [3.63, 3.8) is 0 Å². The van der Waals surface area contributed by atoms with Gasteiger partial charge in [0.2, 0.25) is 5.75 Å². The number of hydrogen-bond donors (Lipinski definition) is 1. The molecule has 1 aromatic heterocycles. The standard InChI is InChI=1S/C11H8O4.CH4O/c1-7(12)14-10-6-8-4-2-3-5-9(8)15-11(10)13;1-2/h2-6H,1H3;2H,1H3. The molecule has 0 aliphatic carbocycles. The molecule has 0 saturated carbocycles. The normalized spacial score (nSPS) is 9.35. The van der Waals surface area contributed by atoms with Crippen molar-refractivity contribution in [3.05, 3.63) is 40.8 Å². The first-order chi connectivity index (χ1) is 8.16. The molecule has 2 aromatic rings. The zero-order chi connectivity index (χ0) is 12.8. The van der Waals surface area contributed by atoms with E-state index >= 15 is 0 Å². The fraction of sp³-hybridized carbons (Fsp3) is 0.167. The molecule has 0 saturated heterocycles. The number of para-hydroxylation sites is 1. The first kappa shape index (κ1) is 12.9. The lowest BCUT2D eigenvalue weighted by atomic mass is 10.2. The summed E-state index contributed by atoms with van der Waals surface area (Å²) in [5, 5.41) is 7.72. The minimum absolute atomic E-state index is 0.0822. The zero-order valence-electron chi connectivity index (χ0n) is 9.47. The third-order valence-electron chi connectivity index (χ3n) is 1.86. The maximum absolute atomic E-state index is 11.3. The first-order valence-electron chi connectivity index (χ1n) is 4.83. The summed E-state index contributed by atoms with van der Waals surface area (Å²) in [6.07, 6.45) is 0. The van der Waals surface area contributed by atoms with E-state index in [0.29, 0.717) is 11.0 Å². The van der Waals surface area contributed by atoms with E-state index in [4.69, 9.17) is 14.3 Å². The molecule has 90 valence electrons. The Labute approximate surface area is 97.2 Å². The molecule has 0 aliphatic rings. The van der Waals surface area contributed by atoms with Crippen LogP contribution in [0.15, 0.2) is 39.5 Å². The van der Waals surface area contributed by atoms with Crippen LogP contribution in [0, 0.1) is 0 Å². The summed E-state index contributed by atoms with van der Waals surface area (Å²) in [6, 6.07) is 8.50. The molecular weight excluding hydrogens is 224 g/mol. The van der Waals surface area contributed by atoms with Crippen LogP contribution in [0.25, 0.3) is 11.0 Å². The predicted molar refractivity (Wildman–Crippen MR) is 61.9 cm³/mol. The SMILES string of the molecule is CC(=O)Oc1cc2ccccc2oc1=O.CO. The number of carbonyl (C=O) groups is 1. The number of rotatable bonds is 1. The average Bonchev–Trinajstić information content (AvgIpc) is 2.32. The van der Waals surface area contributed by atoms with Crippen LogP contribution in [0.1, 0.15) is 6.92 Å². The Hall–Kier alpha value is -2.14. The summed E-state index contributed by atoms with van der Waals surface area (Å²) in [5.74, 6) is -0.626. The van der Waals surface area contributed by atoms with Crippen LogP contribution in [0.3, 0.4) is 0 Å². The molecule has 5 heteroatoms. The van der Waals surface area contributed by atoms with Gasteiger partial charge in [0, 0.05) is 19.4 Å². The summed E-state index contributed by atoms with van der Waals surface area (Å²) in [5.41, 5.74) is -0.178. The second-order valence-corrected chi connectivity index (χ2v) is 3.03. The van der Waals surface area contributed by atoms with Crippen molar-refractivity contribution >= 4 is 16.9 Å². The molecule has 0 radical (unpaired) electrons. The lowest BCUT2D eigenvalue weighted by Crippen LogP contribution is -2.10. The molecule has 0 fully saturated rings. The molecular formula is C12H12O5. The van der Waals surface area contributed by atoms with E-state index in [1.165, 1.54) is 13.0 Å². The van der Waals surface area contributed by atoms with Crippen LogP contribution >= 0.6 is 0 Å². The lowest BCUT2D eigenvalue weighted by Gasteiger charge is -2.00. The zero-order valence-corrected chi connectivity index (χ0v) is 9.47. The van der Waals surface area contributed by atoms with Crippen LogP contribution in [-0.2, 0) is 4.79 Å². The van der Waals surface area contributed by atoms with Crippen LogP contribution in [0.4, 0.5) is 0 Å². The van der Waals surface area contributed by atoms with Gasteiger partial charge < -0.3 is 14.3 Å². The molecule has 0 bridgehead atoms. The Balaban J connectivity index is 0.000000686. The van der Waals surface area contributed by atoms with E-state index in [1.54, 1.807) is 24.3 Å². The smallest absolute Gasteiger partial charge is 0.379 e. The number of benzene rings is 1. The van der Waals surface area contributed by atoms with Gasteiger partial charge in [0.1, 0.15) is 5.58 Å². The average molecular weight is 236 g/mol. The van der Waals surface area contributed by atoms with Gasteiger partial charge in [0.15, 0.2) is 0 Å². The molecule has 17 heavy (non-hydrogen) atoms. The van der Waals surface area contributed by atoms with Gasteiger partial charge in [0.25, 0.3) is 0 Å². The minimum Gasteiger partial charge on any atom is -0.420 e. The second-order valence-electron chi connectivity index (χ2n) is 3.03. The molecule has 0 atom stereocenters. The van der Waals surface area contributed by atoms with Crippen LogP contribution in [0.5, 0.6) is 5.75 Å². The van der Waals surface area contributed by atoms with Crippen molar-refractivity contribution < 1.29 is 19.1 Å². The largest absolute Gasteiger partial charge is 0.420 e. The highest BCUT2D eigenvalue weighted by atomic mass is 16.5. The first-order valence-corrected chi connectivity index (χ1v) is 4.83. The second kappa shape index (κ2) is 5.81. The fourth-order valence-corrected chi connectivity index (χ4v) is 1.27. The Morgan fingerprint density at radius 3 is 2.59 bits per heavy atom. The van der Waals surface area contributed by atoms with Gasteiger partial charge in [-0.15, -0.1) is 0 Å². The Kier molecular flexibility index (Phi) is 4.42. The van der Waals surface area contributed by atoms with Crippen molar-refractivity contribution in [1.82, 2.24) is 0 Å². The summed E-state index contributed by atoms with van der Waals surface area (Å²) >= 11 is 0. The summed E-state index contributed by atoms with van der Waals surface area (Å²) < 4.78 is 9.67. The van der Waals surface area contributed by atoms with E-state index in [0.717, 1.165) is 7.11 Å². The van der Waals surface area contributed by atoms with Crippen molar-refractivity contribution in [2.75, 3.05) is 7.11 Å². The highest BCUT2D eigenvalue weighted by Gasteiger charge is 2.07. The molecule has 2 rings (SSSR count). The molecule has 5 nitrogen and oxygen atoms in total. The molecule has 1 N–H and O–H groups in total. The number of carbonyl (C=O) groups excluding carboxylic acids is 1. The van der Waals surface area contributed by atoms with Crippen molar-refractivity contribution in [2.24, 2.45) is 0 Å². The quantitative estimate of drug-likeness (QED) is 0.597. The van der Waals surface area contributed by atoms with E-state index < -0.39 is 11.6 Å². The Morgan fingerprint density at radius 1 is 1.29 bits per heavy atom. The molecule has 0 spiro atoms. The maximum atomic E-state index is 11.3. The van der Waals surface area contributed by atoms with Crippen molar-refractivity contribution in [1.29, 1.82) is 0 Å². The van der Waals surface area contributed by atoms with Gasteiger partial charge in [-0.2, -0.15) is 0 Å². The number of hydrogen-bond acceptors (Lipinski definition) is 5. The number of aliphatic hydroxyl groups excluding tert-OH is 1. The summed E-state index contributed by atoms with van der Waals surface area (Å²) in [7, 11) is 1.00. The monoisotopic (exact) mass is 236 g/mol. The van der Waals surface area contributed by atoms with E-state index in [1.807, 2.05) is 0 Å².